The standard InChI is InChI=1S/C19H23ClN2O3S/c1-12-9-10-16(11-17(12)20)22(26(5,24)25)15(4)19(23)21-18-13(2)7-6-8-14(18)3/h6-11,15H,1-5H3,(H,21,23)/t15-/m1/s1. The zero-order valence-corrected chi connectivity index (χ0v) is 17.1. The van der Waals surface area contributed by atoms with Gasteiger partial charge >= 0.3 is 0 Å². The normalized spacial score (nSPS) is 12.5. The lowest BCUT2D eigenvalue weighted by atomic mass is 10.1. The van der Waals surface area contributed by atoms with Crippen molar-refractivity contribution in [3.8, 4) is 0 Å². The molecule has 0 saturated carbocycles. The van der Waals surface area contributed by atoms with E-state index in [2.05, 4.69) is 5.32 Å². The lowest BCUT2D eigenvalue weighted by Gasteiger charge is -2.29. The van der Waals surface area contributed by atoms with Crippen LogP contribution in [0.25, 0.3) is 0 Å². The molecule has 0 aromatic heterocycles. The van der Waals surface area contributed by atoms with Crippen LogP contribution in [-0.2, 0) is 14.8 Å². The van der Waals surface area contributed by atoms with Gasteiger partial charge in [0.15, 0.2) is 0 Å². The van der Waals surface area contributed by atoms with E-state index in [1.807, 2.05) is 39.0 Å². The molecule has 0 aliphatic heterocycles. The Kier molecular flexibility index (Phi) is 5.98. The van der Waals surface area contributed by atoms with E-state index in [0.29, 0.717) is 16.4 Å². The third-order valence-electron chi connectivity index (χ3n) is 4.23. The first-order valence-electron chi connectivity index (χ1n) is 8.15. The van der Waals surface area contributed by atoms with E-state index in [-0.39, 0.29) is 0 Å². The molecule has 2 aromatic rings. The maximum atomic E-state index is 12.8. The number of nitrogens with zero attached hydrogens (tertiary/aromatic N) is 1. The smallest absolute Gasteiger partial charge is 0.248 e. The molecule has 2 rings (SSSR count). The van der Waals surface area contributed by atoms with Gasteiger partial charge in [-0.15, -0.1) is 0 Å². The minimum Gasteiger partial charge on any atom is -0.324 e. The van der Waals surface area contributed by atoms with Crippen molar-refractivity contribution in [2.45, 2.75) is 33.7 Å². The van der Waals surface area contributed by atoms with Gasteiger partial charge in [-0.3, -0.25) is 9.10 Å². The molecule has 0 bridgehead atoms. The van der Waals surface area contributed by atoms with E-state index in [1.54, 1.807) is 25.1 Å². The summed E-state index contributed by atoms with van der Waals surface area (Å²) < 4.78 is 25.8. The quantitative estimate of drug-likeness (QED) is 0.831. The lowest BCUT2D eigenvalue weighted by molar-refractivity contribution is -0.116. The Balaban J connectivity index is 2.39. The fraction of sp³-hybridized carbons (Fsp3) is 0.316. The minimum absolute atomic E-state index is 0.354. The van der Waals surface area contributed by atoms with Gasteiger partial charge in [0, 0.05) is 10.7 Å². The fourth-order valence-corrected chi connectivity index (χ4v) is 4.11. The molecule has 0 spiro atoms. The molecule has 0 fully saturated rings. The van der Waals surface area contributed by atoms with Crippen LogP contribution in [0.5, 0.6) is 0 Å². The molecular formula is C19H23ClN2O3S. The Morgan fingerprint density at radius 2 is 1.65 bits per heavy atom. The van der Waals surface area contributed by atoms with Crippen molar-refractivity contribution in [3.63, 3.8) is 0 Å². The Morgan fingerprint density at radius 3 is 2.15 bits per heavy atom. The maximum absolute atomic E-state index is 12.8. The number of nitrogens with one attached hydrogen (secondary N) is 1. The molecule has 0 unspecified atom stereocenters. The van der Waals surface area contributed by atoms with Crippen LogP contribution in [0, 0.1) is 20.8 Å². The van der Waals surface area contributed by atoms with Crippen LogP contribution < -0.4 is 9.62 Å². The Hall–Kier alpha value is -2.05. The van der Waals surface area contributed by atoms with Crippen molar-refractivity contribution < 1.29 is 13.2 Å². The SMILES string of the molecule is Cc1ccc(N([C@H](C)C(=O)Nc2c(C)cccc2C)S(C)(=O)=O)cc1Cl. The van der Waals surface area contributed by atoms with E-state index < -0.39 is 22.0 Å². The molecule has 0 radical (unpaired) electrons. The lowest BCUT2D eigenvalue weighted by Crippen LogP contribution is -2.45. The molecule has 2 aromatic carbocycles. The highest BCUT2D eigenvalue weighted by atomic mass is 35.5. The number of amides is 1. The van der Waals surface area contributed by atoms with Gasteiger partial charge in [-0.1, -0.05) is 35.9 Å². The molecule has 1 amide bonds. The summed E-state index contributed by atoms with van der Waals surface area (Å²) in [5.74, 6) is -0.412. The molecule has 0 aliphatic carbocycles. The summed E-state index contributed by atoms with van der Waals surface area (Å²) in [4.78, 5) is 12.8. The number of sulfonamides is 1. The summed E-state index contributed by atoms with van der Waals surface area (Å²) in [5.41, 5.74) is 3.70. The van der Waals surface area contributed by atoms with E-state index in [4.69, 9.17) is 11.6 Å². The van der Waals surface area contributed by atoms with Crippen LogP contribution in [0.2, 0.25) is 5.02 Å². The van der Waals surface area contributed by atoms with Crippen LogP contribution in [0.15, 0.2) is 36.4 Å². The van der Waals surface area contributed by atoms with Crippen LogP contribution in [0.4, 0.5) is 11.4 Å². The van der Waals surface area contributed by atoms with Gasteiger partial charge < -0.3 is 5.32 Å². The molecule has 7 heteroatoms. The summed E-state index contributed by atoms with van der Waals surface area (Å²) in [6.45, 7) is 7.16. The summed E-state index contributed by atoms with van der Waals surface area (Å²) in [7, 11) is -3.69. The Labute approximate surface area is 160 Å². The number of para-hydroxylation sites is 1. The summed E-state index contributed by atoms with van der Waals surface area (Å²) in [5, 5.41) is 3.29. The highest BCUT2D eigenvalue weighted by Gasteiger charge is 2.29. The molecule has 1 atom stereocenters. The first kappa shape index (κ1) is 20.3. The molecular weight excluding hydrogens is 372 g/mol. The van der Waals surface area contributed by atoms with E-state index >= 15 is 0 Å². The van der Waals surface area contributed by atoms with Crippen LogP contribution in [0.3, 0.4) is 0 Å². The van der Waals surface area contributed by atoms with Crippen molar-refractivity contribution >= 4 is 38.9 Å². The maximum Gasteiger partial charge on any atom is 0.248 e. The third kappa shape index (κ3) is 4.37. The van der Waals surface area contributed by atoms with Crippen molar-refractivity contribution in [2.75, 3.05) is 15.9 Å². The van der Waals surface area contributed by atoms with Crippen LogP contribution >= 0.6 is 11.6 Å². The van der Waals surface area contributed by atoms with Gasteiger partial charge in [0.25, 0.3) is 0 Å². The predicted molar refractivity (Wildman–Crippen MR) is 108 cm³/mol. The molecule has 0 heterocycles. The van der Waals surface area contributed by atoms with Crippen molar-refractivity contribution in [1.29, 1.82) is 0 Å². The highest BCUT2D eigenvalue weighted by Crippen LogP contribution is 2.27. The minimum atomic E-state index is -3.69. The highest BCUT2D eigenvalue weighted by molar-refractivity contribution is 7.92. The van der Waals surface area contributed by atoms with Crippen LogP contribution in [-0.4, -0.2) is 26.6 Å². The van der Waals surface area contributed by atoms with E-state index in [0.717, 1.165) is 27.3 Å². The monoisotopic (exact) mass is 394 g/mol. The third-order valence-corrected chi connectivity index (χ3v) is 5.88. The molecule has 5 nitrogen and oxygen atoms in total. The Morgan fingerprint density at radius 1 is 1.08 bits per heavy atom. The average Bonchev–Trinajstić information content (AvgIpc) is 2.53. The predicted octanol–water partition coefficient (Wildman–Crippen LogP) is 4.06. The number of benzene rings is 2. The van der Waals surface area contributed by atoms with Crippen molar-refractivity contribution in [3.05, 3.63) is 58.1 Å². The fourth-order valence-electron chi connectivity index (χ4n) is 2.77. The van der Waals surface area contributed by atoms with E-state index in [9.17, 15) is 13.2 Å². The summed E-state index contributed by atoms with van der Waals surface area (Å²) >= 11 is 6.14. The second kappa shape index (κ2) is 7.68. The summed E-state index contributed by atoms with van der Waals surface area (Å²) in [6.07, 6.45) is 1.07. The molecule has 140 valence electrons. The molecule has 0 aliphatic rings. The topological polar surface area (TPSA) is 66.5 Å². The van der Waals surface area contributed by atoms with Crippen molar-refractivity contribution in [2.24, 2.45) is 0 Å². The second-order valence-electron chi connectivity index (χ2n) is 6.42. The first-order valence-corrected chi connectivity index (χ1v) is 10.4. The van der Waals surface area contributed by atoms with Gasteiger partial charge in [-0.2, -0.15) is 0 Å². The summed E-state index contributed by atoms with van der Waals surface area (Å²) in [6, 6.07) is 9.67. The van der Waals surface area contributed by atoms with Gasteiger partial charge in [0.2, 0.25) is 15.9 Å². The number of carbonyl (C=O) groups is 1. The Bertz CT molecular complexity index is 922. The number of carbonyl (C=O) groups excluding carboxylic acids is 1. The molecule has 1 N–H and O–H groups in total. The number of aryl methyl sites for hydroxylation is 3. The number of hydrogen-bond acceptors (Lipinski definition) is 3. The molecule has 0 saturated heterocycles. The zero-order chi connectivity index (χ0) is 19.6. The number of rotatable bonds is 5. The van der Waals surface area contributed by atoms with Gasteiger partial charge in [0.1, 0.15) is 6.04 Å². The number of halogens is 1. The van der Waals surface area contributed by atoms with Crippen molar-refractivity contribution in [1.82, 2.24) is 0 Å². The zero-order valence-electron chi connectivity index (χ0n) is 15.5. The van der Waals surface area contributed by atoms with Gasteiger partial charge in [-0.25, -0.2) is 8.42 Å². The van der Waals surface area contributed by atoms with E-state index in [1.165, 1.54) is 0 Å². The largest absolute Gasteiger partial charge is 0.324 e. The molecule has 26 heavy (non-hydrogen) atoms. The first-order chi connectivity index (χ1) is 12.0. The van der Waals surface area contributed by atoms with Crippen LogP contribution in [0.1, 0.15) is 23.6 Å². The van der Waals surface area contributed by atoms with Gasteiger partial charge in [0.05, 0.1) is 11.9 Å². The average molecular weight is 395 g/mol. The van der Waals surface area contributed by atoms with Gasteiger partial charge in [-0.05, 0) is 56.5 Å². The number of anilines is 2. The number of hydrogen-bond donors (Lipinski definition) is 1. The second-order valence-corrected chi connectivity index (χ2v) is 8.69.